The van der Waals surface area contributed by atoms with Gasteiger partial charge >= 0.3 is 0 Å². The second kappa shape index (κ2) is 4.81. The molecule has 1 aromatic carbocycles. The smallest absolute Gasteiger partial charge is 0.280 e. The predicted octanol–water partition coefficient (Wildman–Crippen LogP) is 2.01. The summed E-state index contributed by atoms with van der Waals surface area (Å²) < 4.78 is 28.5. The van der Waals surface area contributed by atoms with Gasteiger partial charge in [0.25, 0.3) is 10.0 Å². The van der Waals surface area contributed by atoms with Crippen molar-refractivity contribution in [3.8, 4) is 0 Å². The van der Waals surface area contributed by atoms with Crippen molar-refractivity contribution < 1.29 is 8.42 Å². The molecule has 5 nitrogen and oxygen atoms in total. The van der Waals surface area contributed by atoms with E-state index in [4.69, 9.17) is 0 Å². The number of aryl methyl sites for hydroxylation is 2. The van der Waals surface area contributed by atoms with E-state index in [2.05, 4.69) is 9.71 Å². The van der Waals surface area contributed by atoms with E-state index in [1.54, 1.807) is 42.0 Å². The van der Waals surface area contributed by atoms with Crippen LogP contribution in [-0.2, 0) is 16.6 Å². The zero-order valence-corrected chi connectivity index (χ0v) is 11.1. The second-order valence-electron chi connectivity index (χ2n) is 3.88. The number of nitrogens with one attached hydrogen (secondary N) is 1. The maximum absolute atomic E-state index is 12.1. The number of rotatable bonds is 4. The van der Waals surface area contributed by atoms with E-state index in [1.165, 1.54) is 0 Å². The number of aromatic nitrogens is 2. The van der Waals surface area contributed by atoms with E-state index in [-0.39, 0.29) is 5.03 Å². The number of hydrogen-bond donors (Lipinski definition) is 1. The number of benzene rings is 1. The van der Waals surface area contributed by atoms with Crippen molar-refractivity contribution in [1.82, 2.24) is 9.55 Å². The molecule has 0 saturated heterocycles. The van der Waals surface area contributed by atoms with Crippen molar-refractivity contribution in [1.29, 1.82) is 0 Å². The molecule has 6 heteroatoms. The number of nitrogens with zero attached hydrogens (tertiary/aromatic N) is 2. The van der Waals surface area contributed by atoms with Crippen LogP contribution in [0.2, 0.25) is 0 Å². The fraction of sp³-hybridized carbons (Fsp3) is 0.250. The lowest BCUT2D eigenvalue weighted by molar-refractivity contribution is 0.598. The summed E-state index contributed by atoms with van der Waals surface area (Å²) in [4.78, 5) is 4.06. The van der Waals surface area contributed by atoms with Gasteiger partial charge in [0.05, 0.1) is 0 Å². The molecular formula is C12H15N3O2S. The molecule has 0 bridgehead atoms. The van der Waals surface area contributed by atoms with Crippen LogP contribution in [0.3, 0.4) is 0 Å². The fourth-order valence-electron chi connectivity index (χ4n) is 1.64. The topological polar surface area (TPSA) is 64.0 Å². The van der Waals surface area contributed by atoms with Crippen LogP contribution < -0.4 is 4.72 Å². The van der Waals surface area contributed by atoms with Gasteiger partial charge in [0.15, 0.2) is 5.03 Å². The Morgan fingerprint density at radius 2 is 1.94 bits per heavy atom. The molecule has 18 heavy (non-hydrogen) atoms. The Bertz CT molecular complexity index is 633. The van der Waals surface area contributed by atoms with E-state index >= 15 is 0 Å². The molecule has 1 N–H and O–H groups in total. The second-order valence-corrected chi connectivity index (χ2v) is 5.51. The van der Waals surface area contributed by atoms with Crippen LogP contribution in [0.5, 0.6) is 0 Å². The van der Waals surface area contributed by atoms with Crippen LogP contribution in [0, 0.1) is 6.92 Å². The van der Waals surface area contributed by atoms with Gasteiger partial charge in [0, 0.05) is 18.4 Å². The average molecular weight is 265 g/mol. The third kappa shape index (κ3) is 2.53. The van der Waals surface area contributed by atoms with Crippen molar-refractivity contribution in [2.24, 2.45) is 0 Å². The Balaban J connectivity index is 2.31. The summed E-state index contributed by atoms with van der Waals surface area (Å²) in [7, 11) is -3.61. The maximum atomic E-state index is 12.1. The standard InChI is InChI=1S/C12H15N3O2S/c1-3-15-9-12(13-10(15)2)18(16,17)14-11-7-5-4-6-8-11/h4-9,14H,3H2,1-2H3. The SMILES string of the molecule is CCn1cc(S(=O)(=O)Nc2ccccc2)nc1C. The number of hydrogen-bond acceptors (Lipinski definition) is 3. The first-order chi connectivity index (χ1) is 8.53. The van der Waals surface area contributed by atoms with Crippen LogP contribution in [0.25, 0.3) is 0 Å². The minimum atomic E-state index is -3.61. The highest BCUT2D eigenvalue weighted by Gasteiger charge is 2.18. The summed E-state index contributed by atoms with van der Waals surface area (Å²) in [6.07, 6.45) is 1.54. The summed E-state index contributed by atoms with van der Waals surface area (Å²) in [5.41, 5.74) is 0.529. The van der Waals surface area contributed by atoms with Crippen LogP contribution >= 0.6 is 0 Å². The first kappa shape index (κ1) is 12.6. The molecule has 0 aliphatic carbocycles. The largest absolute Gasteiger partial charge is 0.334 e. The van der Waals surface area contributed by atoms with Gasteiger partial charge in [0.1, 0.15) is 5.82 Å². The molecular weight excluding hydrogens is 250 g/mol. The number of sulfonamides is 1. The van der Waals surface area contributed by atoms with Gasteiger partial charge in [-0.05, 0) is 26.0 Å². The van der Waals surface area contributed by atoms with Crippen LogP contribution in [0.4, 0.5) is 5.69 Å². The third-order valence-corrected chi connectivity index (χ3v) is 3.85. The molecule has 0 radical (unpaired) electrons. The van der Waals surface area contributed by atoms with Gasteiger partial charge in [0.2, 0.25) is 0 Å². The lowest BCUT2D eigenvalue weighted by Crippen LogP contribution is -2.13. The van der Waals surface area contributed by atoms with Gasteiger partial charge in [-0.1, -0.05) is 18.2 Å². The predicted molar refractivity (Wildman–Crippen MR) is 69.9 cm³/mol. The fourth-order valence-corrected chi connectivity index (χ4v) is 2.71. The summed E-state index contributed by atoms with van der Waals surface area (Å²) in [5.74, 6) is 0.686. The first-order valence-electron chi connectivity index (χ1n) is 5.64. The normalized spacial score (nSPS) is 11.4. The minimum absolute atomic E-state index is 0.0469. The molecule has 0 unspecified atom stereocenters. The summed E-state index contributed by atoms with van der Waals surface area (Å²) in [6, 6.07) is 8.76. The highest BCUT2D eigenvalue weighted by atomic mass is 32.2. The summed E-state index contributed by atoms with van der Waals surface area (Å²) in [5, 5.41) is 0.0469. The zero-order chi connectivity index (χ0) is 13.2. The van der Waals surface area contributed by atoms with Crippen LogP contribution in [0.1, 0.15) is 12.7 Å². The molecule has 1 aromatic heterocycles. The minimum Gasteiger partial charge on any atom is -0.334 e. The lowest BCUT2D eigenvalue weighted by Gasteiger charge is -2.04. The molecule has 2 aromatic rings. The van der Waals surface area contributed by atoms with Gasteiger partial charge in [-0.3, -0.25) is 4.72 Å². The van der Waals surface area contributed by atoms with Gasteiger partial charge in [-0.15, -0.1) is 0 Å². The first-order valence-corrected chi connectivity index (χ1v) is 7.13. The van der Waals surface area contributed by atoms with Crippen molar-refractivity contribution in [3.05, 3.63) is 42.4 Å². The number of anilines is 1. The van der Waals surface area contributed by atoms with E-state index in [1.807, 2.05) is 13.0 Å². The number of para-hydroxylation sites is 1. The monoisotopic (exact) mass is 265 g/mol. The van der Waals surface area contributed by atoms with Gasteiger partial charge in [-0.2, -0.15) is 8.42 Å². The molecule has 0 fully saturated rings. The van der Waals surface area contributed by atoms with Crippen LogP contribution in [-0.4, -0.2) is 18.0 Å². The molecule has 1 heterocycles. The molecule has 0 amide bonds. The van der Waals surface area contributed by atoms with E-state index in [9.17, 15) is 8.42 Å². The summed E-state index contributed by atoms with van der Waals surface area (Å²) in [6.45, 7) is 4.42. The number of imidazole rings is 1. The molecule has 96 valence electrons. The Kier molecular flexibility index (Phi) is 3.38. The van der Waals surface area contributed by atoms with E-state index < -0.39 is 10.0 Å². The Hall–Kier alpha value is -1.82. The highest BCUT2D eigenvalue weighted by Crippen LogP contribution is 2.15. The molecule has 2 rings (SSSR count). The molecule has 0 aliphatic rings. The average Bonchev–Trinajstić information content (AvgIpc) is 2.72. The molecule has 0 atom stereocenters. The van der Waals surface area contributed by atoms with Crippen molar-refractivity contribution in [3.63, 3.8) is 0 Å². The van der Waals surface area contributed by atoms with E-state index in [0.29, 0.717) is 18.1 Å². The maximum Gasteiger partial charge on any atom is 0.280 e. The molecule has 0 saturated carbocycles. The Labute approximate surface area is 107 Å². The Morgan fingerprint density at radius 1 is 1.28 bits per heavy atom. The van der Waals surface area contributed by atoms with Gasteiger partial charge in [-0.25, -0.2) is 4.98 Å². The molecule has 0 spiro atoms. The zero-order valence-electron chi connectivity index (χ0n) is 10.3. The quantitative estimate of drug-likeness (QED) is 0.919. The van der Waals surface area contributed by atoms with Crippen molar-refractivity contribution in [2.75, 3.05) is 4.72 Å². The van der Waals surface area contributed by atoms with E-state index in [0.717, 1.165) is 0 Å². The lowest BCUT2D eigenvalue weighted by atomic mass is 10.3. The van der Waals surface area contributed by atoms with Gasteiger partial charge < -0.3 is 4.57 Å². The highest BCUT2D eigenvalue weighted by molar-refractivity contribution is 7.92. The van der Waals surface area contributed by atoms with Crippen LogP contribution in [0.15, 0.2) is 41.6 Å². The van der Waals surface area contributed by atoms with Crippen molar-refractivity contribution in [2.45, 2.75) is 25.4 Å². The van der Waals surface area contributed by atoms with Crippen molar-refractivity contribution >= 4 is 15.7 Å². The Morgan fingerprint density at radius 3 is 2.50 bits per heavy atom. The summed E-state index contributed by atoms with van der Waals surface area (Å²) >= 11 is 0. The third-order valence-electron chi connectivity index (χ3n) is 2.60. The molecule has 0 aliphatic heterocycles.